The molecule has 0 unspecified atom stereocenters. The van der Waals surface area contributed by atoms with Crippen LogP contribution in [0.15, 0.2) is 48.5 Å². The van der Waals surface area contributed by atoms with Gasteiger partial charge in [0.05, 0.1) is 0 Å². The molecule has 1 aliphatic heterocycles. The van der Waals surface area contributed by atoms with Gasteiger partial charge >= 0.3 is 0 Å². The average Bonchev–Trinajstić information content (AvgIpc) is 2.63. The number of hydrogen-bond acceptors (Lipinski definition) is 3. The van der Waals surface area contributed by atoms with Crippen molar-refractivity contribution in [2.45, 2.75) is 0 Å². The molecule has 2 aromatic rings. The van der Waals surface area contributed by atoms with Crippen LogP contribution in [0.25, 0.3) is 0 Å². The van der Waals surface area contributed by atoms with Crippen molar-refractivity contribution in [3.8, 4) is 0 Å². The normalized spacial score (nSPS) is 15.2. The first-order valence-corrected chi connectivity index (χ1v) is 8.76. The van der Waals surface area contributed by atoms with Crippen molar-refractivity contribution < 1.29 is 9.18 Å². The predicted molar refractivity (Wildman–Crippen MR) is 98.8 cm³/mol. The Kier molecular flexibility index (Phi) is 5.89. The van der Waals surface area contributed by atoms with E-state index >= 15 is 0 Å². The molecule has 0 aromatic heterocycles. The quantitative estimate of drug-likeness (QED) is 0.889. The predicted octanol–water partition coefficient (Wildman–Crippen LogP) is 3.03. The number of amides is 1. The molecule has 1 N–H and O–H groups in total. The number of nitrogens with one attached hydrogen (secondary N) is 1. The van der Waals surface area contributed by atoms with Crippen molar-refractivity contribution in [1.82, 2.24) is 10.2 Å². The summed E-state index contributed by atoms with van der Waals surface area (Å²) in [5.41, 5.74) is 1.54. The van der Waals surface area contributed by atoms with E-state index in [2.05, 4.69) is 15.1 Å². The number of benzene rings is 2. The maximum absolute atomic E-state index is 13.1. The van der Waals surface area contributed by atoms with Gasteiger partial charge in [-0.3, -0.25) is 9.69 Å². The minimum absolute atomic E-state index is 0.237. The Labute approximate surface area is 152 Å². The smallest absolute Gasteiger partial charge is 0.251 e. The summed E-state index contributed by atoms with van der Waals surface area (Å²) in [6.07, 6.45) is 0. The third-order valence-electron chi connectivity index (χ3n) is 4.36. The number of piperazine rings is 1. The molecule has 1 heterocycles. The second-order valence-corrected chi connectivity index (χ2v) is 6.51. The molecule has 4 nitrogen and oxygen atoms in total. The zero-order chi connectivity index (χ0) is 17.6. The summed E-state index contributed by atoms with van der Waals surface area (Å²) in [5.74, 6) is -0.634. The van der Waals surface area contributed by atoms with Crippen molar-refractivity contribution in [2.75, 3.05) is 44.2 Å². The first-order valence-electron chi connectivity index (χ1n) is 8.38. The number of anilines is 1. The number of carbonyl (C=O) groups is 1. The molecule has 6 heteroatoms. The van der Waals surface area contributed by atoms with Gasteiger partial charge in [-0.1, -0.05) is 17.7 Å². The Morgan fingerprint density at radius 2 is 1.80 bits per heavy atom. The number of nitrogens with zero attached hydrogens (tertiary/aromatic N) is 2. The summed E-state index contributed by atoms with van der Waals surface area (Å²) < 4.78 is 13.1. The topological polar surface area (TPSA) is 35.6 Å². The Morgan fingerprint density at radius 3 is 2.48 bits per heavy atom. The maximum Gasteiger partial charge on any atom is 0.251 e. The highest BCUT2D eigenvalue weighted by molar-refractivity contribution is 6.30. The molecule has 1 saturated heterocycles. The van der Waals surface area contributed by atoms with Crippen LogP contribution in [0.4, 0.5) is 10.1 Å². The molecule has 1 aliphatic rings. The molecular weight excluding hydrogens is 341 g/mol. The van der Waals surface area contributed by atoms with Crippen LogP contribution in [-0.2, 0) is 0 Å². The largest absolute Gasteiger partial charge is 0.369 e. The van der Waals surface area contributed by atoms with Crippen LogP contribution < -0.4 is 10.2 Å². The lowest BCUT2D eigenvalue weighted by Gasteiger charge is -2.36. The maximum atomic E-state index is 13.1. The minimum Gasteiger partial charge on any atom is -0.369 e. The van der Waals surface area contributed by atoms with Gasteiger partial charge in [-0.2, -0.15) is 0 Å². The molecule has 0 saturated carbocycles. The highest BCUT2D eigenvalue weighted by Gasteiger charge is 2.17. The van der Waals surface area contributed by atoms with E-state index in [0.717, 1.165) is 37.7 Å². The lowest BCUT2D eigenvalue weighted by molar-refractivity contribution is 0.0947. The Morgan fingerprint density at radius 1 is 1.08 bits per heavy atom. The molecule has 25 heavy (non-hydrogen) atoms. The fraction of sp³-hybridized carbons (Fsp3) is 0.316. The van der Waals surface area contributed by atoms with Gasteiger partial charge in [-0.05, 0) is 42.5 Å². The molecule has 0 aliphatic carbocycles. The van der Waals surface area contributed by atoms with Crippen molar-refractivity contribution in [3.63, 3.8) is 0 Å². The van der Waals surface area contributed by atoms with Crippen LogP contribution in [0.2, 0.25) is 5.02 Å². The molecule has 0 radical (unpaired) electrons. The van der Waals surface area contributed by atoms with E-state index in [-0.39, 0.29) is 5.91 Å². The number of rotatable bonds is 5. The van der Waals surface area contributed by atoms with Gasteiger partial charge in [0, 0.05) is 55.5 Å². The van der Waals surface area contributed by atoms with Crippen LogP contribution in [0, 0.1) is 5.82 Å². The van der Waals surface area contributed by atoms with E-state index in [0.29, 0.717) is 12.1 Å². The number of halogens is 2. The van der Waals surface area contributed by atoms with Gasteiger partial charge in [0.15, 0.2) is 0 Å². The second-order valence-electron chi connectivity index (χ2n) is 6.07. The molecule has 0 spiro atoms. The Balaban J connectivity index is 1.40. The van der Waals surface area contributed by atoms with E-state index in [4.69, 9.17) is 11.6 Å². The Hall–Kier alpha value is -2.11. The summed E-state index contributed by atoms with van der Waals surface area (Å²) in [7, 11) is 0. The molecule has 0 bridgehead atoms. The first-order chi connectivity index (χ1) is 12.1. The van der Waals surface area contributed by atoms with Crippen LogP contribution in [0.5, 0.6) is 0 Å². The highest BCUT2D eigenvalue weighted by Crippen LogP contribution is 2.19. The molecular formula is C19H21ClFN3O. The van der Waals surface area contributed by atoms with Crippen LogP contribution in [0.1, 0.15) is 10.4 Å². The fourth-order valence-electron chi connectivity index (χ4n) is 2.94. The van der Waals surface area contributed by atoms with Gasteiger partial charge in [0.1, 0.15) is 5.82 Å². The zero-order valence-electron chi connectivity index (χ0n) is 13.9. The van der Waals surface area contributed by atoms with E-state index in [1.165, 1.54) is 17.8 Å². The molecule has 0 atom stereocenters. The highest BCUT2D eigenvalue weighted by atomic mass is 35.5. The fourth-order valence-corrected chi connectivity index (χ4v) is 3.07. The van der Waals surface area contributed by atoms with Crippen molar-refractivity contribution >= 4 is 23.2 Å². The van der Waals surface area contributed by atoms with Gasteiger partial charge in [-0.15, -0.1) is 0 Å². The summed E-state index contributed by atoms with van der Waals surface area (Å²) in [6, 6.07) is 13.6. The molecule has 132 valence electrons. The lowest BCUT2D eigenvalue weighted by Crippen LogP contribution is -2.48. The molecule has 3 rings (SSSR count). The summed E-state index contributed by atoms with van der Waals surface area (Å²) in [4.78, 5) is 16.6. The van der Waals surface area contributed by atoms with Gasteiger partial charge in [-0.25, -0.2) is 4.39 Å². The van der Waals surface area contributed by atoms with Crippen molar-refractivity contribution in [1.29, 1.82) is 0 Å². The first kappa shape index (κ1) is 17.7. The monoisotopic (exact) mass is 361 g/mol. The third kappa shape index (κ3) is 4.94. The molecule has 1 fully saturated rings. The lowest BCUT2D eigenvalue weighted by atomic mass is 10.2. The summed E-state index contributed by atoms with van der Waals surface area (Å²) in [6.45, 7) is 5.11. The van der Waals surface area contributed by atoms with E-state index in [1.807, 2.05) is 24.3 Å². The van der Waals surface area contributed by atoms with Crippen LogP contribution in [-0.4, -0.2) is 50.1 Å². The average molecular weight is 362 g/mol. The van der Waals surface area contributed by atoms with Crippen molar-refractivity contribution in [3.05, 3.63) is 64.9 Å². The zero-order valence-corrected chi connectivity index (χ0v) is 14.7. The molecule has 2 aromatic carbocycles. The number of carbonyl (C=O) groups excluding carboxylic acids is 1. The van der Waals surface area contributed by atoms with Gasteiger partial charge < -0.3 is 10.2 Å². The summed E-state index contributed by atoms with van der Waals surface area (Å²) in [5, 5.41) is 3.59. The summed E-state index contributed by atoms with van der Waals surface area (Å²) >= 11 is 5.93. The SMILES string of the molecule is O=C(NCCN1CCN(c2ccc(Cl)cc2)CC1)c1cccc(F)c1. The van der Waals surface area contributed by atoms with E-state index in [1.54, 1.807) is 12.1 Å². The van der Waals surface area contributed by atoms with Crippen LogP contribution >= 0.6 is 11.6 Å². The van der Waals surface area contributed by atoms with Gasteiger partial charge in [0.25, 0.3) is 5.91 Å². The standard InChI is InChI=1S/C19H21ClFN3O/c20-16-4-6-18(7-5-16)24-12-10-23(11-13-24)9-8-22-19(25)15-2-1-3-17(21)14-15/h1-7,14H,8-13H2,(H,22,25). The van der Waals surface area contributed by atoms with E-state index in [9.17, 15) is 9.18 Å². The van der Waals surface area contributed by atoms with Gasteiger partial charge in [0.2, 0.25) is 0 Å². The van der Waals surface area contributed by atoms with Crippen LogP contribution in [0.3, 0.4) is 0 Å². The number of hydrogen-bond donors (Lipinski definition) is 1. The Bertz CT molecular complexity index is 715. The van der Waals surface area contributed by atoms with Crippen molar-refractivity contribution in [2.24, 2.45) is 0 Å². The second kappa shape index (κ2) is 8.32. The molecule has 1 amide bonds. The third-order valence-corrected chi connectivity index (χ3v) is 4.62. The minimum atomic E-state index is -0.397. The van der Waals surface area contributed by atoms with E-state index < -0.39 is 5.82 Å².